The highest BCUT2D eigenvalue weighted by molar-refractivity contribution is 7.98. The van der Waals surface area contributed by atoms with Gasteiger partial charge in [0.1, 0.15) is 11.5 Å². The van der Waals surface area contributed by atoms with Gasteiger partial charge in [0.15, 0.2) is 17.5 Å². The number of benzene rings is 1. The molecule has 4 aromatic rings. The van der Waals surface area contributed by atoms with Crippen LogP contribution in [0.15, 0.2) is 35.5 Å². The number of aromatic amines is 1. The number of hydrogen-bond donors (Lipinski definition) is 2. The molecule has 186 valence electrons. The van der Waals surface area contributed by atoms with E-state index >= 15 is 8.78 Å². The van der Waals surface area contributed by atoms with Crippen LogP contribution in [0.2, 0.25) is 0 Å². The van der Waals surface area contributed by atoms with Crippen molar-refractivity contribution in [3.63, 3.8) is 0 Å². The van der Waals surface area contributed by atoms with E-state index in [-0.39, 0.29) is 11.6 Å². The van der Waals surface area contributed by atoms with Crippen molar-refractivity contribution >= 4 is 35.0 Å². The minimum atomic E-state index is -0.669. The summed E-state index contributed by atoms with van der Waals surface area (Å²) >= 11 is 1.28. The average Bonchev–Trinajstić information content (AvgIpc) is 3.79. The highest BCUT2D eigenvalue weighted by Crippen LogP contribution is 2.48. The molecule has 0 aliphatic heterocycles. The first kappa shape index (κ1) is 23.0. The first-order valence-electron chi connectivity index (χ1n) is 11.9. The summed E-state index contributed by atoms with van der Waals surface area (Å²) in [7, 11) is 1.58. The van der Waals surface area contributed by atoms with Crippen LogP contribution in [0, 0.1) is 18.6 Å². The predicted molar refractivity (Wildman–Crippen MR) is 136 cm³/mol. The van der Waals surface area contributed by atoms with Crippen LogP contribution in [-0.2, 0) is 0 Å². The zero-order valence-corrected chi connectivity index (χ0v) is 21.0. The lowest BCUT2D eigenvalue weighted by Gasteiger charge is -2.22. The first-order valence-corrected chi connectivity index (χ1v) is 13.2. The Morgan fingerprint density at radius 2 is 1.86 bits per heavy atom. The fourth-order valence-electron chi connectivity index (χ4n) is 4.36. The van der Waals surface area contributed by atoms with Crippen molar-refractivity contribution in [3.8, 4) is 11.3 Å². The molecule has 0 radical (unpaired) electrons. The van der Waals surface area contributed by atoms with Crippen LogP contribution in [-0.4, -0.2) is 43.2 Å². The largest absolute Gasteiger partial charge is 0.323 e. The number of nitrogens with one attached hydrogen (secondary N) is 2. The first-order chi connectivity index (χ1) is 17.4. The third-order valence-corrected chi connectivity index (χ3v) is 7.24. The Morgan fingerprint density at radius 1 is 1.11 bits per heavy atom. The lowest BCUT2D eigenvalue weighted by Crippen LogP contribution is -2.18. The molecule has 0 atom stereocenters. The Morgan fingerprint density at radius 3 is 2.47 bits per heavy atom. The van der Waals surface area contributed by atoms with Crippen molar-refractivity contribution in [3.05, 3.63) is 53.5 Å². The second-order valence-electron chi connectivity index (χ2n) is 9.41. The maximum atomic E-state index is 15.0. The Kier molecular flexibility index (Phi) is 5.66. The van der Waals surface area contributed by atoms with Crippen LogP contribution < -0.4 is 10.2 Å². The number of aromatic nitrogens is 6. The standard InChI is InChI=1S/C25H26F2N8S/c1-13-8-20(33-32-13)29-24-21(14-4-5-14)22(15-11-28-35(12-15)16-6-7-16)30-25(31-24)34(2)23-18(26)9-17(36-3)10-19(23)27/h8-12,14,16H,4-7H2,1-3H3,(H2,29,30,31,32,33). The molecule has 0 saturated heterocycles. The number of H-pyrrole nitrogens is 1. The molecule has 2 aliphatic carbocycles. The summed E-state index contributed by atoms with van der Waals surface area (Å²) in [5.74, 6) is 0.327. The number of halogens is 2. The lowest BCUT2D eigenvalue weighted by atomic mass is 10.1. The summed E-state index contributed by atoms with van der Waals surface area (Å²) < 4.78 is 32.0. The van der Waals surface area contributed by atoms with Crippen molar-refractivity contribution in [1.82, 2.24) is 29.9 Å². The molecule has 2 aliphatic rings. The van der Waals surface area contributed by atoms with Gasteiger partial charge >= 0.3 is 0 Å². The minimum absolute atomic E-state index is 0.179. The SMILES string of the molecule is CSc1cc(F)c(N(C)c2nc(Nc3cc(C)[nH]n3)c(C3CC3)c(-c3cnn(C4CC4)c3)n2)c(F)c1. The van der Waals surface area contributed by atoms with Crippen molar-refractivity contribution < 1.29 is 8.78 Å². The van der Waals surface area contributed by atoms with Gasteiger partial charge in [-0.1, -0.05) is 0 Å². The molecular weight excluding hydrogens is 482 g/mol. The highest BCUT2D eigenvalue weighted by Gasteiger charge is 2.34. The quantitative estimate of drug-likeness (QED) is 0.278. The second-order valence-corrected chi connectivity index (χ2v) is 10.3. The number of thioether (sulfide) groups is 1. The van der Waals surface area contributed by atoms with E-state index < -0.39 is 11.6 Å². The molecule has 8 nitrogen and oxygen atoms in total. The Labute approximate surface area is 211 Å². The van der Waals surface area contributed by atoms with E-state index in [0.29, 0.717) is 28.5 Å². The molecule has 0 spiro atoms. The van der Waals surface area contributed by atoms with E-state index in [9.17, 15) is 0 Å². The molecular formula is C25H26F2N8S. The maximum absolute atomic E-state index is 15.0. The predicted octanol–water partition coefficient (Wildman–Crippen LogP) is 6.10. The van der Waals surface area contributed by atoms with Gasteiger partial charge in [-0.2, -0.15) is 15.2 Å². The second kappa shape index (κ2) is 8.88. The summed E-state index contributed by atoms with van der Waals surface area (Å²) in [5.41, 5.74) is 3.26. The molecule has 11 heteroatoms. The van der Waals surface area contributed by atoms with Gasteiger partial charge < -0.3 is 10.2 Å². The van der Waals surface area contributed by atoms with Crippen LogP contribution in [0.1, 0.15) is 48.9 Å². The lowest BCUT2D eigenvalue weighted by molar-refractivity contribution is 0.577. The summed E-state index contributed by atoms with van der Waals surface area (Å²) in [4.78, 5) is 11.5. The van der Waals surface area contributed by atoms with Crippen LogP contribution in [0.5, 0.6) is 0 Å². The molecule has 0 unspecified atom stereocenters. The molecule has 3 heterocycles. The number of anilines is 4. The topological polar surface area (TPSA) is 87.5 Å². The number of aryl methyl sites for hydroxylation is 1. The fraction of sp³-hybridized carbons (Fsp3) is 0.360. The van der Waals surface area contributed by atoms with Crippen molar-refractivity contribution in [1.29, 1.82) is 0 Å². The zero-order valence-electron chi connectivity index (χ0n) is 20.2. The molecule has 3 aromatic heterocycles. The van der Waals surface area contributed by atoms with Gasteiger partial charge in [0.05, 0.1) is 17.9 Å². The molecule has 2 N–H and O–H groups in total. The van der Waals surface area contributed by atoms with Gasteiger partial charge in [-0.25, -0.2) is 13.8 Å². The molecule has 2 saturated carbocycles. The van der Waals surface area contributed by atoms with Crippen molar-refractivity contribution in [2.75, 3.05) is 23.5 Å². The monoisotopic (exact) mass is 508 g/mol. The van der Waals surface area contributed by atoms with Gasteiger partial charge in [0, 0.05) is 41.0 Å². The molecule has 1 aromatic carbocycles. The molecule has 2 fully saturated rings. The normalized spacial score (nSPS) is 15.4. The van der Waals surface area contributed by atoms with Gasteiger partial charge in [-0.15, -0.1) is 11.8 Å². The Bertz CT molecular complexity index is 1420. The Balaban J connectivity index is 1.50. The summed E-state index contributed by atoms with van der Waals surface area (Å²) in [6, 6.07) is 4.96. The summed E-state index contributed by atoms with van der Waals surface area (Å²) in [6.07, 6.45) is 9.88. The van der Waals surface area contributed by atoms with E-state index in [0.717, 1.165) is 48.2 Å². The van der Waals surface area contributed by atoms with E-state index in [2.05, 4.69) is 20.6 Å². The van der Waals surface area contributed by atoms with Gasteiger partial charge in [-0.3, -0.25) is 9.78 Å². The minimum Gasteiger partial charge on any atom is -0.323 e. The highest BCUT2D eigenvalue weighted by atomic mass is 32.2. The third-order valence-electron chi connectivity index (χ3n) is 6.53. The van der Waals surface area contributed by atoms with Gasteiger partial charge in [0.25, 0.3) is 0 Å². The molecule has 0 amide bonds. The molecule has 36 heavy (non-hydrogen) atoms. The summed E-state index contributed by atoms with van der Waals surface area (Å²) in [5, 5.41) is 15.1. The number of hydrogen-bond acceptors (Lipinski definition) is 7. The van der Waals surface area contributed by atoms with E-state index in [1.807, 2.05) is 30.1 Å². The van der Waals surface area contributed by atoms with Crippen LogP contribution in [0.25, 0.3) is 11.3 Å². The number of nitrogens with zero attached hydrogens (tertiary/aromatic N) is 6. The van der Waals surface area contributed by atoms with E-state index in [4.69, 9.17) is 9.97 Å². The van der Waals surface area contributed by atoms with Crippen LogP contribution in [0.3, 0.4) is 0 Å². The maximum Gasteiger partial charge on any atom is 0.232 e. The van der Waals surface area contributed by atoms with Crippen LogP contribution >= 0.6 is 11.8 Å². The zero-order chi connectivity index (χ0) is 25.0. The van der Waals surface area contributed by atoms with Crippen molar-refractivity contribution in [2.45, 2.75) is 49.5 Å². The number of rotatable bonds is 8. The van der Waals surface area contributed by atoms with Crippen molar-refractivity contribution in [2.24, 2.45) is 0 Å². The van der Waals surface area contributed by atoms with E-state index in [1.54, 1.807) is 13.3 Å². The van der Waals surface area contributed by atoms with Gasteiger partial charge in [0.2, 0.25) is 5.95 Å². The molecule has 0 bridgehead atoms. The van der Waals surface area contributed by atoms with E-state index in [1.165, 1.54) is 28.8 Å². The smallest absolute Gasteiger partial charge is 0.232 e. The third kappa shape index (κ3) is 4.32. The average molecular weight is 509 g/mol. The summed E-state index contributed by atoms with van der Waals surface area (Å²) in [6.45, 7) is 1.92. The fourth-order valence-corrected chi connectivity index (χ4v) is 4.81. The van der Waals surface area contributed by atoms with Gasteiger partial charge in [-0.05, 0) is 56.9 Å². The Hall–Kier alpha value is -3.47. The van der Waals surface area contributed by atoms with Crippen LogP contribution in [0.4, 0.5) is 32.1 Å². The molecule has 6 rings (SSSR count).